The highest BCUT2D eigenvalue weighted by Crippen LogP contribution is 2.39. The summed E-state index contributed by atoms with van der Waals surface area (Å²) >= 11 is 0. The molecule has 0 aliphatic carbocycles. The molecule has 4 rings (SSSR count). The monoisotopic (exact) mass is 299 g/mol. The maximum absolute atomic E-state index is 9.59. The first-order chi connectivity index (χ1) is 11.2. The molecule has 0 aliphatic heterocycles. The summed E-state index contributed by atoms with van der Waals surface area (Å²) in [5.41, 5.74) is 6.95. The number of H-pyrrole nitrogens is 1. The van der Waals surface area contributed by atoms with Crippen LogP contribution in [0.3, 0.4) is 0 Å². The zero-order valence-corrected chi connectivity index (χ0v) is 12.9. The fourth-order valence-electron chi connectivity index (χ4n) is 3.13. The van der Waals surface area contributed by atoms with Crippen LogP contribution in [0.25, 0.3) is 33.3 Å². The van der Waals surface area contributed by atoms with Crippen molar-refractivity contribution in [2.75, 3.05) is 0 Å². The first-order valence-electron chi connectivity index (χ1n) is 7.70. The van der Waals surface area contributed by atoms with Crippen LogP contribution in [0.15, 0.2) is 72.8 Å². The zero-order chi connectivity index (χ0) is 15.8. The van der Waals surface area contributed by atoms with E-state index in [2.05, 4.69) is 54.4 Å². The van der Waals surface area contributed by atoms with Crippen LogP contribution in [0.1, 0.15) is 5.56 Å². The molecular formula is C21H17NO. The van der Waals surface area contributed by atoms with Crippen LogP contribution < -0.4 is 0 Å². The quantitative estimate of drug-likeness (QED) is 0.502. The van der Waals surface area contributed by atoms with Gasteiger partial charge in [0.2, 0.25) is 0 Å². The number of phenols is 1. The van der Waals surface area contributed by atoms with E-state index in [0.717, 1.165) is 16.8 Å². The fourth-order valence-corrected chi connectivity index (χ4v) is 3.13. The lowest BCUT2D eigenvalue weighted by Crippen LogP contribution is -1.86. The van der Waals surface area contributed by atoms with Gasteiger partial charge in [0.25, 0.3) is 0 Å². The second-order valence-corrected chi connectivity index (χ2v) is 5.78. The lowest BCUT2D eigenvalue weighted by atomic mass is 9.96. The number of nitrogens with one attached hydrogen (secondary N) is 1. The molecule has 0 spiro atoms. The van der Waals surface area contributed by atoms with Gasteiger partial charge in [-0.25, -0.2) is 0 Å². The number of fused-ring (bicyclic) bond motifs is 1. The van der Waals surface area contributed by atoms with Gasteiger partial charge in [-0.15, -0.1) is 0 Å². The van der Waals surface area contributed by atoms with Gasteiger partial charge in [0.1, 0.15) is 5.75 Å². The third-order valence-electron chi connectivity index (χ3n) is 4.28. The van der Waals surface area contributed by atoms with Gasteiger partial charge in [-0.1, -0.05) is 54.6 Å². The molecule has 112 valence electrons. The average molecular weight is 299 g/mol. The molecule has 3 aromatic carbocycles. The number of para-hydroxylation sites is 1. The van der Waals surface area contributed by atoms with Crippen LogP contribution in [0.5, 0.6) is 5.75 Å². The van der Waals surface area contributed by atoms with Gasteiger partial charge < -0.3 is 10.1 Å². The number of aromatic amines is 1. The number of phenolic OH excluding ortho intramolecular Hbond substituents is 1. The van der Waals surface area contributed by atoms with Gasteiger partial charge in [-0.3, -0.25) is 0 Å². The van der Waals surface area contributed by atoms with Crippen molar-refractivity contribution in [2.24, 2.45) is 0 Å². The Kier molecular flexibility index (Phi) is 3.16. The van der Waals surface area contributed by atoms with E-state index in [1.165, 1.54) is 22.1 Å². The molecule has 23 heavy (non-hydrogen) atoms. The topological polar surface area (TPSA) is 36.0 Å². The average Bonchev–Trinajstić information content (AvgIpc) is 2.95. The second-order valence-electron chi connectivity index (χ2n) is 5.78. The number of aromatic hydroxyl groups is 1. The third kappa shape index (κ3) is 2.29. The summed E-state index contributed by atoms with van der Waals surface area (Å²) < 4.78 is 0. The van der Waals surface area contributed by atoms with E-state index in [9.17, 15) is 5.11 Å². The Morgan fingerprint density at radius 2 is 1.48 bits per heavy atom. The number of hydrogen-bond acceptors (Lipinski definition) is 1. The van der Waals surface area contributed by atoms with Crippen molar-refractivity contribution in [3.63, 3.8) is 0 Å². The molecule has 0 saturated carbocycles. The van der Waals surface area contributed by atoms with Gasteiger partial charge in [-0.05, 0) is 36.2 Å². The number of rotatable bonds is 2. The van der Waals surface area contributed by atoms with Crippen LogP contribution in [0.4, 0.5) is 0 Å². The van der Waals surface area contributed by atoms with Gasteiger partial charge in [-0.2, -0.15) is 0 Å². The van der Waals surface area contributed by atoms with Crippen molar-refractivity contribution in [1.29, 1.82) is 0 Å². The molecule has 0 amide bonds. The molecule has 2 heteroatoms. The van der Waals surface area contributed by atoms with E-state index < -0.39 is 0 Å². The number of hydrogen-bond donors (Lipinski definition) is 2. The van der Waals surface area contributed by atoms with Crippen LogP contribution in [-0.2, 0) is 0 Å². The highest BCUT2D eigenvalue weighted by Gasteiger charge is 2.15. The molecule has 0 aliphatic rings. The number of benzene rings is 3. The molecule has 0 radical (unpaired) electrons. The first kappa shape index (κ1) is 13.6. The number of aryl methyl sites for hydroxylation is 1. The van der Waals surface area contributed by atoms with Gasteiger partial charge in [0.05, 0.1) is 5.69 Å². The van der Waals surface area contributed by atoms with E-state index in [4.69, 9.17) is 0 Å². The molecule has 1 aromatic heterocycles. The van der Waals surface area contributed by atoms with Gasteiger partial charge in [0, 0.05) is 22.0 Å². The summed E-state index contributed by atoms with van der Waals surface area (Å²) in [7, 11) is 0. The van der Waals surface area contributed by atoms with Crippen LogP contribution >= 0.6 is 0 Å². The third-order valence-corrected chi connectivity index (χ3v) is 4.28. The largest absolute Gasteiger partial charge is 0.508 e. The normalized spacial score (nSPS) is 11.0. The maximum Gasteiger partial charge on any atom is 0.115 e. The predicted molar refractivity (Wildman–Crippen MR) is 95.6 cm³/mol. The minimum absolute atomic E-state index is 0.283. The Morgan fingerprint density at radius 1 is 0.783 bits per heavy atom. The zero-order valence-electron chi connectivity index (χ0n) is 12.9. The van der Waals surface area contributed by atoms with Crippen LogP contribution in [0.2, 0.25) is 0 Å². The van der Waals surface area contributed by atoms with E-state index in [1.807, 2.05) is 18.2 Å². The minimum atomic E-state index is 0.283. The van der Waals surface area contributed by atoms with E-state index in [0.29, 0.717) is 0 Å². The van der Waals surface area contributed by atoms with Gasteiger partial charge >= 0.3 is 0 Å². The molecule has 2 N–H and O–H groups in total. The van der Waals surface area contributed by atoms with Crippen molar-refractivity contribution < 1.29 is 5.11 Å². The van der Waals surface area contributed by atoms with Crippen molar-refractivity contribution >= 4 is 10.9 Å². The van der Waals surface area contributed by atoms with Crippen LogP contribution in [-0.4, -0.2) is 10.1 Å². The van der Waals surface area contributed by atoms with E-state index >= 15 is 0 Å². The molecule has 1 heterocycles. The Morgan fingerprint density at radius 3 is 2.26 bits per heavy atom. The Hall–Kier alpha value is -3.00. The summed E-state index contributed by atoms with van der Waals surface area (Å²) in [6.07, 6.45) is 0. The predicted octanol–water partition coefficient (Wildman–Crippen LogP) is 5.52. The van der Waals surface area contributed by atoms with Crippen LogP contribution in [0, 0.1) is 6.92 Å². The molecule has 0 unspecified atom stereocenters. The van der Waals surface area contributed by atoms with Crippen molar-refractivity contribution in [2.45, 2.75) is 6.92 Å². The number of aromatic nitrogens is 1. The first-order valence-corrected chi connectivity index (χ1v) is 7.70. The summed E-state index contributed by atoms with van der Waals surface area (Å²) in [5.74, 6) is 0.283. The summed E-state index contributed by atoms with van der Waals surface area (Å²) in [6, 6.07) is 24.1. The van der Waals surface area contributed by atoms with Crippen molar-refractivity contribution in [3.8, 4) is 28.1 Å². The molecular weight excluding hydrogens is 282 g/mol. The summed E-state index contributed by atoms with van der Waals surface area (Å²) in [6.45, 7) is 2.13. The highest BCUT2D eigenvalue weighted by molar-refractivity contribution is 6.04. The fraction of sp³-hybridized carbons (Fsp3) is 0.0476. The molecule has 0 atom stereocenters. The SMILES string of the molecule is Cc1ccccc1-c1[nH]c2ccccc2c1-c1ccc(O)cc1. The van der Waals surface area contributed by atoms with Gasteiger partial charge in [0.15, 0.2) is 0 Å². The van der Waals surface area contributed by atoms with Crippen molar-refractivity contribution in [1.82, 2.24) is 4.98 Å². The standard InChI is InChI=1S/C21H17NO/c1-14-6-2-3-7-17(14)21-20(15-10-12-16(23)13-11-15)18-8-4-5-9-19(18)22-21/h2-13,22-23H,1H3. The maximum atomic E-state index is 9.59. The van der Waals surface area contributed by atoms with Crippen molar-refractivity contribution in [3.05, 3.63) is 78.4 Å². The Labute approximate surface area is 135 Å². The minimum Gasteiger partial charge on any atom is -0.508 e. The lowest BCUT2D eigenvalue weighted by molar-refractivity contribution is 0.475. The second kappa shape index (κ2) is 5.33. The molecule has 0 bridgehead atoms. The highest BCUT2D eigenvalue weighted by atomic mass is 16.3. The lowest BCUT2D eigenvalue weighted by Gasteiger charge is -2.08. The Bertz CT molecular complexity index is 980. The molecule has 2 nitrogen and oxygen atoms in total. The summed E-state index contributed by atoms with van der Waals surface area (Å²) in [5, 5.41) is 10.8. The van der Waals surface area contributed by atoms with E-state index in [1.54, 1.807) is 12.1 Å². The molecule has 0 fully saturated rings. The Balaban J connectivity index is 2.06. The molecule has 4 aromatic rings. The smallest absolute Gasteiger partial charge is 0.115 e. The molecule has 0 saturated heterocycles. The van der Waals surface area contributed by atoms with E-state index in [-0.39, 0.29) is 5.75 Å². The summed E-state index contributed by atoms with van der Waals surface area (Å²) in [4.78, 5) is 3.57.